The first-order chi connectivity index (χ1) is 7.28. The SMILES string of the molecule is FC(F)(F)C12CC(n3nc(Br)cc3Br)(C1)C2. The van der Waals surface area contributed by atoms with Gasteiger partial charge in [0.1, 0.15) is 9.21 Å². The van der Waals surface area contributed by atoms with Crippen molar-refractivity contribution in [2.24, 2.45) is 5.41 Å². The molecular formula is C9H7Br2F3N2. The fraction of sp³-hybridized carbons (Fsp3) is 0.667. The van der Waals surface area contributed by atoms with Gasteiger partial charge in [-0.2, -0.15) is 18.3 Å². The first-order valence-corrected chi connectivity index (χ1v) is 6.35. The molecule has 16 heavy (non-hydrogen) atoms. The van der Waals surface area contributed by atoms with Gasteiger partial charge in [0.25, 0.3) is 0 Å². The van der Waals surface area contributed by atoms with Crippen LogP contribution in [0.1, 0.15) is 19.3 Å². The summed E-state index contributed by atoms with van der Waals surface area (Å²) in [6, 6.07) is 1.75. The van der Waals surface area contributed by atoms with E-state index in [2.05, 4.69) is 37.0 Å². The molecule has 2 nitrogen and oxygen atoms in total. The Labute approximate surface area is 106 Å². The van der Waals surface area contributed by atoms with Crippen LogP contribution in [0.25, 0.3) is 0 Å². The van der Waals surface area contributed by atoms with Crippen LogP contribution in [-0.4, -0.2) is 16.0 Å². The standard InChI is InChI=1S/C9H7Br2F3N2/c10-5-1-6(11)16(15-5)8-2-7(3-8,4-8)9(12,13)14/h1H,2-4H2. The maximum absolute atomic E-state index is 12.7. The van der Waals surface area contributed by atoms with Gasteiger partial charge < -0.3 is 0 Å². The number of hydrogen-bond donors (Lipinski definition) is 0. The summed E-state index contributed by atoms with van der Waals surface area (Å²) in [5.41, 5.74) is -1.83. The molecule has 1 aromatic rings. The molecule has 0 radical (unpaired) electrons. The van der Waals surface area contributed by atoms with Gasteiger partial charge in [-0.3, -0.25) is 4.68 Å². The molecule has 4 rings (SSSR count). The van der Waals surface area contributed by atoms with Crippen LogP contribution >= 0.6 is 31.9 Å². The molecule has 3 saturated carbocycles. The molecule has 3 aliphatic carbocycles. The minimum atomic E-state index is -4.06. The molecule has 88 valence electrons. The molecule has 0 unspecified atom stereocenters. The second-order valence-electron chi connectivity index (χ2n) is 4.73. The second kappa shape index (κ2) is 2.85. The highest BCUT2D eigenvalue weighted by Gasteiger charge is 2.80. The molecule has 0 spiro atoms. The fourth-order valence-corrected chi connectivity index (χ4v) is 4.28. The van der Waals surface area contributed by atoms with Crippen LogP contribution in [0, 0.1) is 5.41 Å². The van der Waals surface area contributed by atoms with Crippen LogP contribution in [0.3, 0.4) is 0 Å². The average Bonchev–Trinajstić information content (AvgIpc) is 2.21. The third kappa shape index (κ3) is 1.16. The number of hydrogen-bond acceptors (Lipinski definition) is 1. The molecule has 0 saturated heterocycles. The van der Waals surface area contributed by atoms with E-state index in [4.69, 9.17) is 0 Å². The number of halogens is 5. The van der Waals surface area contributed by atoms with Gasteiger partial charge in [-0.1, -0.05) is 0 Å². The molecule has 2 bridgehead atoms. The van der Waals surface area contributed by atoms with Gasteiger partial charge in [0, 0.05) is 6.07 Å². The predicted octanol–water partition coefficient (Wildman–Crippen LogP) is 3.85. The van der Waals surface area contributed by atoms with Gasteiger partial charge in [-0.25, -0.2) is 0 Å². The van der Waals surface area contributed by atoms with Gasteiger partial charge in [0.05, 0.1) is 11.0 Å². The Balaban J connectivity index is 1.86. The van der Waals surface area contributed by atoms with Crippen molar-refractivity contribution in [3.63, 3.8) is 0 Å². The molecule has 0 N–H and O–H groups in total. The van der Waals surface area contributed by atoms with Gasteiger partial charge in [-0.15, -0.1) is 0 Å². The number of nitrogens with zero attached hydrogens (tertiary/aromatic N) is 2. The number of aromatic nitrogens is 2. The van der Waals surface area contributed by atoms with E-state index in [9.17, 15) is 13.2 Å². The lowest BCUT2D eigenvalue weighted by Gasteiger charge is -2.70. The Hall–Kier alpha value is -0.0400. The Morgan fingerprint density at radius 2 is 1.81 bits per heavy atom. The molecule has 1 aromatic heterocycles. The highest BCUT2D eigenvalue weighted by molar-refractivity contribution is 9.11. The van der Waals surface area contributed by atoms with Gasteiger partial charge in [0.15, 0.2) is 0 Å². The summed E-state index contributed by atoms with van der Waals surface area (Å²) in [6.07, 6.45) is -3.58. The first-order valence-electron chi connectivity index (χ1n) is 4.76. The van der Waals surface area contributed by atoms with Crippen LogP contribution in [0.5, 0.6) is 0 Å². The van der Waals surface area contributed by atoms with Crippen molar-refractivity contribution >= 4 is 31.9 Å². The normalized spacial score (nSPS) is 36.8. The summed E-state index contributed by atoms with van der Waals surface area (Å²) in [7, 11) is 0. The van der Waals surface area contributed by atoms with E-state index < -0.39 is 17.1 Å². The molecule has 0 aliphatic heterocycles. The van der Waals surface area contributed by atoms with E-state index in [1.807, 2.05) is 0 Å². The van der Waals surface area contributed by atoms with Crippen molar-refractivity contribution in [1.82, 2.24) is 9.78 Å². The molecule has 0 aromatic carbocycles. The van der Waals surface area contributed by atoms with E-state index in [1.165, 1.54) is 0 Å². The summed E-state index contributed by atoms with van der Waals surface area (Å²) < 4.78 is 41.0. The fourth-order valence-electron chi connectivity index (χ4n) is 2.92. The summed E-state index contributed by atoms with van der Waals surface area (Å²) in [5.74, 6) is 0. The van der Waals surface area contributed by atoms with Gasteiger partial charge >= 0.3 is 6.18 Å². The third-order valence-electron chi connectivity index (χ3n) is 3.69. The Morgan fingerprint density at radius 3 is 2.19 bits per heavy atom. The minimum absolute atomic E-state index is 0.163. The van der Waals surface area contributed by atoms with Crippen LogP contribution in [0.2, 0.25) is 0 Å². The zero-order valence-corrected chi connectivity index (χ0v) is 11.2. The minimum Gasteiger partial charge on any atom is -0.251 e. The Bertz CT molecular complexity index is 446. The third-order valence-corrected chi connectivity index (χ3v) is 4.64. The van der Waals surface area contributed by atoms with E-state index in [0.717, 1.165) is 4.60 Å². The van der Waals surface area contributed by atoms with E-state index in [1.54, 1.807) is 10.7 Å². The number of rotatable bonds is 1. The summed E-state index contributed by atoms with van der Waals surface area (Å²) >= 11 is 6.52. The van der Waals surface area contributed by atoms with E-state index in [-0.39, 0.29) is 19.3 Å². The van der Waals surface area contributed by atoms with Crippen molar-refractivity contribution in [2.75, 3.05) is 0 Å². The van der Waals surface area contributed by atoms with Crippen molar-refractivity contribution < 1.29 is 13.2 Å². The zero-order chi connectivity index (χ0) is 11.8. The lowest BCUT2D eigenvalue weighted by atomic mass is 9.39. The van der Waals surface area contributed by atoms with E-state index in [0.29, 0.717) is 4.60 Å². The van der Waals surface area contributed by atoms with Crippen LogP contribution in [0.15, 0.2) is 15.3 Å². The summed E-state index contributed by atoms with van der Waals surface area (Å²) in [5, 5.41) is 4.17. The van der Waals surface area contributed by atoms with Crippen molar-refractivity contribution in [3.05, 3.63) is 15.3 Å². The van der Waals surface area contributed by atoms with E-state index >= 15 is 0 Å². The summed E-state index contributed by atoms with van der Waals surface area (Å²) in [6.45, 7) is 0. The van der Waals surface area contributed by atoms with Crippen molar-refractivity contribution in [3.8, 4) is 0 Å². The maximum atomic E-state index is 12.7. The van der Waals surface area contributed by atoms with Crippen LogP contribution in [-0.2, 0) is 5.54 Å². The first kappa shape index (κ1) is 11.1. The molecule has 3 fully saturated rings. The zero-order valence-electron chi connectivity index (χ0n) is 7.98. The predicted molar refractivity (Wildman–Crippen MR) is 57.9 cm³/mol. The topological polar surface area (TPSA) is 17.8 Å². The maximum Gasteiger partial charge on any atom is 0.394 e. The lowest BCUT2D eigenvalue weighted by Crippen LogP contribution is -2.73. The summed E-state index contributed by atoms with van der Waals surface area (Å²) in [4.78, 5) is 0. The molecular weight excluding hydrogens is 353 g/mol. The molecule has 0 atom stereocenters. The number of alkyl halides is 3. The Kier molecular flexibility index (Phi) is 1.98. The second-order valence-corrected chi connectivity index (χ2v) is 6.36. The van der Waals surface area contributed by atoms with Crippen molar-refractivity contribution in [1.29, 1.82) is 0 Å². The lowest BCUT2D eigenvalue weighted by molar-refractivity contribution is -0.356. The molecule has 1 heterocycles. The highest BCUT2D eigenvalue weighted by atomic mass is 79.9. The van der Waals surface area contributed by atoms with Crippen LogP contribution in [0.4, 0.5) is 13.2 Å². The van der Waals surface area contributed by atoms with Crippen molar-refractivity contribution in [2.45, 2.75) is 31.0 Å². The van der Waals surface area contributed by atoms with Crippen LogP contribution < -0.4 is 0 Å². The molecule has 0 amide bonds. The monoisotopic (exact) mass is 358 g/mol. The highest BCUT2D eigenvalue weighted by Crippen LogP contribution is 2.77. The van der Waals surface area contributed by atoms with Gasteiger partial charge in [-0.05, 0) is 51.1 Å². The largest absolute Gasteiger partial charge is 0.394 e. The Morgan fingerprint density at radius 1 is 1.25 bits per heavy atom. The molecule has 3 aliphatic rings. The average molecular weight is 360 g/mol. The quantitative estimate of drug-likeness (QED) is 0.744. The smallest absolute Gasteiger partial charge is 0.251 e. The van der Waals surface area contributed by atoms with Gasteiger partial charge in [0.2, 0.25) is 0 Å². The molecule has 7 heteroatoms.